The largest absolute Gasteiger partial charge is 0.365 e. The summed E-state index contributed by atoms with van der Waals surface area (Å²) in [5.41, 5.74) is 6.15. The first-order valence-corrected chi connectivity index (χ1v) is 6.00. The summed E-state index contributed by atoms with van der Waals surface area (Å²) in [6, 6.07) is 4.44. The van der Waals surface area contributed by atoms with Gasteiger partial charge in [0.25, 0.3) is 11.6 Å². The minimum absolute atomic E-state index is 0.0867. The maximum Gasteiger partial charge on any atom is 0.293 e. The number of carbonyl (C=O) groups excluding carboxylic acids is 1. The molecule has 0 unspecified atom stereocenters. The van der Waals surface area contributed by atoms with Crippen LogP contribution in [0.25, 0.3) is 0 Å². The summed E-state index contributed by atoms with van der Waals surface area (Å²) >= 11 is 0. The highest BCUT2D eigenvalue weighted by molar-refractivity contribution is 5.95. The van der Waals surface area contributed by atoms with E-state index in [1.807, 2.05) is 11.8 Å². The van der Waals surface area contributed by atoms with Crippen molar-refractivity contribution in [1.82, 2.24) is 5.32 Å². The van der Waals surface area contributed by atoms with Crippen LogP contribution in [-0.2, 0) is 0 Å². The van der Waals surface area contributed by atoms with Gasteiger partial charge in [-0.25, -0.2) is 0 Å². The van der Waals surface area contributed by atoms with E-state index in [9.17, 15) is 14.9 Å². The Balaban J connectivity index is 3.25. The second-order valence-corrected chi connectivity index (χ2v) is 3.91. The molecule has 3 N–H and O–H groups in total. The number of anilines is 1. The summed E-state index contributed by atoms with van der Waals surface area (Å²) in [6.45, 7) is 3.43. The summed E-state index contributed by atoms with van der Waals surface area (Å²) < 4.78 is 0. The van der Waals surface area contributed by atoms with Gasteiger partial charge in [-0.15, -0.1) is 0 Å². The Morgan fingerprint density at radius 3 is 2.68 bits per heavy atom. The first-order valence-electron chi connectivity index (χ1n) is 6.00. The molecule has 0 aliphatic carbocycles. The van der Waals surface area contributed by atoms with E-state index in [-0.39, 0.29) is 17.2 Å². The molecule has 104 valence electrons. The fourth-order valence-electron chi connectivity index (χ4n) is 1.83. The summed E-state index contributed by atoms with van der Waals surface area (Å²) in [7, 11) is 1.48. The van der Waals surface area contributed by atoms with Crippen molar-refractivity contribution in [3.05, 3.63) is 33.9 Å². The normalized spacial score (nSPS) is 10.1. The molecule has 0 saturated carbocycles. The van der Waals surface area contributed by atoms with Gasteiger partial charge in [0.1, 0.15) is 5.69 Å². The topological polar surface area (TPSA) is 102 Å². The fourth-order valence-corrected chi connectivity index (χ4v) is 1.83. The Labute approximate surface area is 111 Å². The van der Waals surface area contributed by atoms with Crippen molar-refractivity contribution in [3.63, 3.8) is 0 Å². The zero-order chi connectivity index (χ0) is 14.4. The summed E-state index contributed by atoms with van der Waals surface area (Å²) in [5, 5.41) is 13.6. The van der Waals surface area contributed by atoms with E-state index >= 15 is 0 Å². The van der Waals surface area contributed by atoms with Crippen LogP contribution in [0.2, 0.25) is 0 Å². The van der Waals surface area contributed by atoms with E-state index in [1.165, 1.54) is 13.1 Å². The molecule has 0 spiro atoms. The van der Waals surface area contributed by atoms with Crippen molar-refractivity contribution in [2.24, 2.45) is 5.73 Å². The number of nitro benzene ring substituents is 1. The van der Waals surface area contributed by atoms with Crippen molar-refractivity contribution in [3.8, 4) is 0 Å². The molecule has 0 saturated heterocycles. The Hall–Kier alpha value is -2.15. The van der Waals surface area contributed by atoms with Crippen molar-refractivity contribution < 1.29 is 9.72 Å². The van der Waals surface area contributed by atoms with E-state index < -0.39 is 4.92 Å². The standard InChI is InChI=1S/C12H18N4O3/c1-3-15(7-6-13)10-5-4-9(12(17)14-2)8-11(10)16(18)19/h4-5,8H,3,6-7,13H2,1-2H3,(H,14,17). The van der Waals surface area contributed by atoms with Crippen LogP contribution in [-0.4, -0.2) is 37.5 Å². The lowest BCUT2D eigenvalue weighted by atomic mass is 10.1. The third-order valence-electron chi connectivity index (χ3n) is 2.78. The molecule has 1 amide bonds. The number of benzene rings is 1. The second-order valence-electron chi connectivity index (χ2n) is 3.91. The van der Waals surface area contributed by atoms with Crippen molar-refractivity contribution in [2.75, 3.05) is 31.6 Å². The predicted molar refractivity (Wildman–Crippen MR) is 73.4 cm³/mol. The number of amides is 1. The molecule has 0 atom stereocenters. The van der Waals surface area contributed by atoms with E-state index in [0.717, 1.165) is 0 Å². The van der Waals surface area contributed by atoms with Crippen LogP contribution in [0.5, 0.6) is 0 Å². The average molecular weight is 266 g/mol. The number of hydrogen-bond donors (Lipinski definition) is 2. The molecule has 1 aromatic rings. The highest BCUT2D eigenvalue weighted by Gasteiger charge is 2.20. The van der Waals surface area contributed by atoms with Gasteiger partial charge in [-0.05, 0) is 19.1 Å². The number of rotatable bonds is 6. The lowest BCUT2D eigenvalue weighted by Crippen LogP contribution is -2.29. The Bertz CT molecular complexity index is 476. The van der Waals surface area contributed by atoms with Crippen LogP contribution >= 0.6 is 0 Å². The van der Waals surface area contributed by atoms with Gasteiger partial charge in [0.2, 0.25) is 0 Å². The van der Waals surface area contributed by atoms with Crippen LogP contribution < -0.4 is 16.0 Å². The van der Waals surface area contributed by atoms with Gasteiger partial charge in [0.15, 0.2) is 0 Å². The van der Waals surface area contributed by atoms with Crippen molar-refractivity contribution >= 4 is 17.3 Å². The lowest BCUT2D eigenvalue weighted by Gasteiger charge is -2.22. The van der Waals surface area contributed by atoms with Gasteiger partial charge in [-0.1, -0.05) is 0 Å². The average Bonchev–Trinajstić information content (AvgIpc) is 2.43. The summed E-state index contributed by atoms with van der Waals surface area (Å²) in [5.74, 6) is -0.350. The van der Waals surface area contributed by atoms with Crippen LogP contribution in [0.15, 0.2) is 18.2 Å². The number of likely N-dealkylation sites (N-methyl/N-ethyl adjacent to an activating group) is 1. The number of carbonyl (C=O) groups is 1. The van der Waals surface area contributed by atoms with Gasteiger partial charge in [-0.2, -0.15) is 0 Å². The van der Waals surface area contributed by atoms with Gasteiger partial charge in [0, 0.05) is 38.3 Å². The van der Waals surface area contributed by atoms with Crippen molar-refractivity contribution in [1.29, 1.82) is 0 Å². The molecule has 0 fully saturated rings. The molecule has 0 aliphatic rings. The van der Waals surface area contributed by atoms with E-state index in [0.29, 0.717) is 25.3 Å². The third kappa shape index (κ3) is 3.41. The molecule has 0 aromatic heterocycles. The second kappa shape index (κ2) is 6.69. The minimum Gasteiger partial charge on any atom is -0.365 e. The molecule has 0 bridgehead atoms. The molecule has 7 nitrogen and oxygen atoms in total. The maximum absolute atomic E-state index is 11.5. The Morgan fingerprint density at radius 1 is 1.53 bits per heavy atom. The monoisotopic (exact) mass is 266 g/mol. The van der Waals surface area contributed by atoms with E-state index in [1.54, 1.807) is 12.1 Å². The molecule has 0 radical (unpaired) electrons. The van der Waals surface area contributed by atoms with Crippen LogP contribution in [0.4, 0.5) is 11.4 Å². The van der Waals surface area contributed by atoms with Crippen molar-refractivity contribution in [2.45, 2.75) is 6.92 Å². The van der Waals surface area contributed by atoms with Gasteiger partial charge in [-0.3, -0.25) is 14.9 Å². The zero-order valence-corrected chi connectivity index (χ0v) is 11.0. The van der Waals surface area contributed by atoms with Gasteiger partial charge < -0.3 is 16.0 Å². The summed E-state index contributed by atoms with van der Waals surface area (Å²) in [6.07, 6.45) is 0. The molecule has 0 aliphatic heterocycles. The molecular formula is C12H18N4O3. The van der Waals surface area contributed by atoms with E-state index in [2.05, 4.69) is 5.32 Å². The zero-order valence-electron chi connectivity index (χ0n) is 11.0. The third-order valence-corrected chi connectivity index (χ3v) is 2.78. The first kappa shape index (κ1) is 14.9. The number of nitrogens with one attached hydrogen (secondary N) is 1. The maximum atomic E-state index is 11.5. The van der Waals surface area contributed by atoms with Gasteiger partial charge in [0.05, 0.1) is 4.92 Å². The number of nitrogens with two attached hydrogens (primary N) is 1. The van der Waals surface area contributed by atoms with Crippen LogP contribution in [0, 0.1) is 10.1 Å². The smallest absolute Gasteiger partial charge is 0.293 e. The Morgan fingerprint density at radius 2 is 2.21 bits per heavy atom. The highest BCUT2D eigenvalue weighted by atomic mass is 16.6. The quantitative estimate of drug-likeness (QED) is 0.584. The molecule has 19 heavy (non-hydrogen) atoms. The lowest BCUT2D eigenvalue weighted by molar-refractivity contribution is -0.384. The number of nitrogens with zero attached hydrogens (tertiary/aromatic N) is 2. The number of nitro groups is 1. The summed E-state index contributed by atoms with van der Waals surface area (Å²) in [4.78, 5) is 23.9. The predicted octanol–water partition coefficient (Wildman–Crippen LogP) is 0.739. The number of hydrogen-bond acceptors (Lipinski definition) is 5. The molecule has 1 rings (SSSR count). The Kier molecular flexibility index (Phi) is 5.25. The SMILES string of the molecule is CCN(CCN)c1ccc(C(=O)NC)cc1[N+](=O)[O-]. The first-order chi connectivity index (χ1) is 9.04. The van der Waals surface area contributed by atoms with Crippen LogP contribution in [0.1, 0.15) is 17.3 Å². The fraction of sp³-hybridized carbons (Fsp3) is 0.417. The molecule has 0 heterocycles. The molecule has 1 aromatic carbocycles. The van der Waals surface area contributed by atoms with E-state index in [4.69, 9.17) is 5.73 Å². The highest BCUT2D eigenvalue weighted by Crippen LogP contribution is 2.29. The van der Waals surface area contributed by atoms with Crippen LogP contribution in [0.3, 0.4) is 0 Å². The minimum atomic E-state index is -0.485. The van der Waals surface area contributed by atoms with Gasteiger partial charge >= 0.3 is 0 Å². The molecular weight excluding hydrogens is 248 g/mol. The molecule has 7 heteroatoms.